The average molecular weight is 498 g/mol. The van der Waals surface area contributed by atoms with Crippen LogP contribution in [0.5, 0.6) is 5.75 Å². The summed E-state index contributed by atoms with van der Waals surface area (Å²) in [7, 11) is 1.56. The Bertz CT molecular complexity index is 1080. The largest absolute Gasteiger partial charge is 0.481 e. The molecule has 2 heterocycles. The van der Waals surface area contributed by atoms with Gasteiger partial charge in [0, 0.05) is 55.2 Å². The van der Waals surface area contributed by atoms with Crippen molar-refractivity contribution in [3.05, 3.63) is 64.7 Å². The minimum Gasteiger partial charge on any atom is -0.481 e. The predicted octanol–water partition coefficient (Wildman–Crippen LogP) is 3.02. The molecule has 9 heteroatoms. The van der Waals surface area contributed by atoms with Crippen LogP contribution in [0.25, 0.3) is 0 Å². The summed E-state index contributed by atoms with van der Waals surface area (Å²) in [4.78, 5) is 24.6. The zero-order valence-corrected chi connectivity index (χ0v) is 20.6. The zero-order chi connectivity index (χ0) is 24.8. The number of ether oxygens (including phenoxy) is 2. The predicted molar refractivity (Wildman–Crippen MR) is 136 cm³/mol. The van der Waals surface area contributed by atoms with E-state index in [-0.39, 0.29) is 12.2 Å². The number of hydrazone groups is 1. The van der Waals surface area contributed by atoms with Crippen LogP contribution >= 0.6 is 11.8 Å². The second-order valence-electron chi connectivity index (χ2n) is 8.88. The van der Waals surface area contributed by atoms with Crippen LogP contribution in [0, 0.1) is 5.92 Å². The van der Waals surface area contributed by atoms with Gasteiger partial charge in [-0.25, -0.2) is 0 Å². The monoisotopic (exact) mass is 497 g/mol. The number of fused-ring (bicyclic) bond motifs is 1. The molecule has 8 nitrogen and oxygen atoms in total. The number of hydrogen-bond acceptors (Lipinski definition) is 8. The lowest BCUT2D eigenvalue weighted by molar-refractivity contribution is -0.141. The lowest BCUT2D eigenvalue weighted by Gasteiger charge is -2.41. The lowest BCUT2D eigenvalue weighted by atomic mass is 9.82. The number of carboxylic acids is 1. The van der Waals surface area contributed by atoms with Crippen LogP contribution in [0.4, 0.5) is 0 Å². The summed E-state index contributed by atoms with van der Waals surface area (Å²) in [5.74, 6) is 1.24. The molecule has 0 spiro atoms. The SMILES string of the molecule is COCCC1(N)Oc2cc(C(=O)c3ccc(C=NN4CCSCC4)cc3)ccc2CC1CC(=O)O. The van der Waals surface area contributed by atoms with Crippen molar-refractivity contribution in [2.75, 3.05) is 38.3 Å². The number of benzene rings is 2. The van der Waals surface area contributed by atoms with Crippen molar-refractivity contribution in [2.24, 2.45) is 16.8 Å². The average Bonchev–Trinajstić information content (AvgIpc) is 2.87. The van der Waals surface area contributed by atoms with Gasteiger partial charge in [-0.3, -0.25) is 20.3 Å². The highest BCUT2D eigenvalue weighted by Crippen LogP contribution is 2.38. The lowest BCUT2D eigenvalue weighted by Crippen LogP contribution is -2.56. The fourth-order valence-corrected chi connectivity index (χ4v) is 5.25. The maximum absolute atomic E-state index is 13.2. The molecule has 186 valence electrons. The van der Waals surface area contributed by atoms with Crippen LogP contribution in [0.1, 0.15) is 39.9 Å². The van der Waals surface area contributed by atoms with Gasteiger partial charge in [0.25, 0.3) is 0 Å². The zero-order valence-electron chi connectivity index (χ0n) is 19.8. The number of carbonyl (C=O) groups is 2. The van der Waals surface area contributed by atoms with Gasteiger partial charge >= 0.3 is 5.97 Å². The molecular weight excluding hydrogens is 466 g/mol. The molecule has 2 aromatic rings. The Balaban J connectivity index is 1.49. The fraction of sp³-hybridized carbons (Fsp3) is 0.423. The molecule has 1 fully saturated rings. The van der Waals surface area contributed by atoms with Crippen LogP contribution in [0.3, 0.4) is 0 Å². The number of methoxy groups -OCH3 is 1. The molecule has 1 saturated heterocycles. The number of hydrogen-bond donors (Lipinski definition) is 2. The van der Waals surface area contributed by atoms with E-state index in [1.165, 1.54) is 0 Å². The molecule has 2 aromatic carbocycles. The Morgan fingerprint density at radius 2 is 1.94 bits per heavy atom. The Kier molecular flexibility index (Phi) is 8.10. The molecule has 35 heavy (non-hydrogen) atoms. The molecule has 2 atom stereocenters. The second kappa shape index (κ2) is 11.2. The number of carboxylic acid groups (broad SMARTS) is 1. The highest BCUT2D eigenvalue weighted by atomic mass is 32.2. The van der Waals surface area contributed by atoms with Crippen molar-refractivity contribution in [1.82, 2.24) is 5.01 Å². The molecule has 0 saturated carbocycles. The Labute approximate surface area is 209 Å². The molecule has 4 rings (SSSR count). The molecular formula is C26H31N3O5S. The van der Waals surface area contributed by atoms with E-state index in [1.54, 1.807) is 31.4 Å². The number of thioether (sulfide) groups is 1. The third kappa shape index (κ3) is 6.22. The molecule has 2 unspecified atom stereocenters. The summed E-state index contributed by atoms with van der Waals surface area (Å²) in [6, 6.07) is 12.6. The van der Waals surface area contributed by atoms with E-state index in [9.17, 15) is 14.7 Å². The van der Waals surface area contributed by atoms with Crippen molar-refractivity contribution in [2.45, 2.75) is 25.0 Å². The van der Waals surface area contributed by atoms with E-state index >= 15 is 0 Å². The number of carbonyl (C=O) groups excluding carboxylic acids is 1. The fourth-order valence-electron chi connectivity index (χ4n) is 4.36. The Morgan fingerprint density at radius 3 is 2.63 bits per heavy atom. The van der Waals surface area contributed by atoms with Gasteiger partial charge in [0.2, 0.25) is 0 Å². The van der Waals surface area contributed by atoms with Gasteiger partial charge in [0.05, 0.1) is 19.2 Å². The summed E-state index contributed by atoms with van der Waals surface area (Å²) in [5.41, 5.74) is 8.17. The highest BCUT2D eigenvalue weighted by Gasteiger charge is 2.42. The van der Waals surface area contributed by atoms with E-state index in [4.69, 9.17) is 15.2 Å². The number of rotatable bonds is 9. The summed E-state index contributed by atoms with van der Waals surface area (Å²) in [5, 5.41) is 15.9. The smallest absolute Gasteiger partial charge is 0.303 e. The van der Waals surface area contributed by atoms with Crippen molar-refractivity contribution in [1.29, 1.82) is 0 Å². The molecule has 3 N–H and O–H groups in total. The van der Waals surface area contributed by atoms with E-state index in [0.717, 1.165) is 35.7 Å². The first-order chi connectivity index (χ1) is 16.9. The third-order valence-corrected chi connectivity index (χ3v) is 7.38. The number of nitrogens with two attached hydrogens (primary N) is 1. The van der Waals surface area contributed by atoms with Gasteiger partial charge in [-0.15, -0.1) is 0 Å². The van der Waals surface area contributed by atoms with Crippen LogP contribution in [-0.4, -0.2) is 72.1 Å². The van der Waals surface area contributed by atoms with Gasteiger partial charge in [0.1, 0.15) is 5.75 Å². The van der Waals surface area contributed by atoms with Gasteiger partial charge in [-0.2, -0.15) is 16.9 Å². The topological polar surface area (TPSA) is 114 Å². The molecule has 2 aliphatic rings. The quantitative estimate of drug-likeness (QED) is 0.401. The second-order valence-corrected chi connectivity index (χ2v) is 10.1. The van der Waals surface area contributed by atoms with E-state index in [2.05, 4.69) is 10.1 Å². The highest BCUT2D eigenvalue weighted by molar-refractivity contribution is 7.99. The molecule has 0 radical (unpaired) electrons. The Hall–Kier alpha value is -2.88. The van der Waals surface area contributed by atoms with Gasteiger partial charge < -0.3 is 14.6 Å². The Morgan fingerprint density at radius 1 is 1.23 bits per heavy atom. The minimum absolute atomic E-state index is 0.104. The molecule has 2 aliphatic heterocycles. The van der Waals surface area contributed by atoms with Crippen LogP contribution < -0.4 is 10.5 Å². The van der Waals surface area contributed by atoms with Gasteiger partial charge in [-0.05, 0) is 23.6 Å². The molecule has 0 aliphatic carbocycles. The van der Waals surface area contributed by atoms with Crippen molar-refractivity contribution < 1.29 is 24.2 Å². The van der Waals surface area contributed by atoms with Gasteiger partial charge in [0.15, 0.2) is 11.5 Å². The third-order valence-electron chi connectivity index (χ3n) is 6.44. The summed E-state index contributed by atoms with van der Waals surface area (Å²) < 4.78 is 11.3. The van der Waals surface area contributed by atoms with Crippen LogP contribution in [0.2, 0.25) is 0 Å². The summed E-state index contributed by atoms with van der Waals surface area (Å²) >= 11 is 1.94. The van der Waals surface area contributed by atoms with Crippen molar-refractivity contribution >= 4 is 29.7 Å². The normalized spacial score (nSPS) is 22.0. The number of nitrogens with zero attached hydrogens (tertiary/aromatic N) is 2. The van der Waals surface area contributed by atoms with Crippen LogP contribution in [-0.2, 0) is 16.0 Å². The van der Waals surface area contributed by atoms with Gasteiger partial charge in [-0.1, -0.05) is 36.4 Å². The van der Waals surface area contributed by atoms with Crippen molar-refractivity contribution in [3.8, 4) is 5.75 Å². The number of ketones is 1. The molecule has 0 amide bonds. The van der Waals surface area contributed by atoms with Crippen LogP contribution in [0.15, 0.2) is 47.6 Å². The maximum Gasteiger partial charge on any atom is 0.303 e. The molecule has 0 aromatic heterocycles. The van der Waals surface area contributed by atoms with E-state index in [0.29, 0.717) is 36.3 Å². The maximum atomic E-state index is 13.2. The standard InChI is InChI=1S/C26H31N3O5S/c1-33-11-8-26(27)22(16-24(30)31)14-20-6-7-21(15-23(20)34-26)25(32)19-4-2-18(3-5-19)17-28-29-9-12-35-13-10-29/h2-7,15,17,22H,8-14,16,27H2,1H3,(H,30,31). The molecule has 0 bridgehead atoms. The van der Waals surface area contributed by atoms with E-state index < -0.39 is 17.6 Å². The summed E-state index contributed by atoms with van der Waals surface area (Å²) in [6.07, 6.45) is 2.52. The first-order valence-electron chi connectivity index (χ1n) is 11.7. The van der Waals surface area contributed by atoms with Crippen molar-refractivity contribution in [3.63, 3.8) is 0 Å². The first kappa shape index (κ1) is 25.2. The minimum atomic E-state index is -1.18. The van der Waals surface area contributed by atoms with E-state index in [1.807, 2.05) is 36.2 Å². The number of aliphatic carboxylic acids is 1. The summed E-state index contributed by atoms with van der Waals surface area (Å²) in [6.45, 7) is 2.24. The first-order valence-corrected chi connectivity index (χ1v) is 12.9.